The van der Waals surface area contributed by atoms with Gasteiger partial charge in [-0.3, -0.25) is 0 Å². The first kappa shape index (κ1) is 9.18. The Morgan fingerprint density at radius 2 is 2.06 bits per heavy atom. The summed E-state index contributed by atoms with van der Waals surface area (Å²) in [6.07, 6.45) is 5.57. The molecule has 0 spiro atoms. The first-order valence-corrected chi connectivity index (χ1v) is 5.22. The normalized spacial score (nSPS) is 26.0. The third-order valence-electron chi connectivity index (χ3n) is 2.94. The SMILES string of the molecule is NC1=CNC2=CC=N[N+]12Cc1ccccc1. The topological polar surface area (TPSA) is 50.4 Å². The summed E-state index contributed by atoms with van der Waals surface area (Å²) in [4.78, 5) is 0. The number of rotatable bonds is 2. The number of hydrogen-bond acceptors (Lipinski definition) is 3. The predicted octanol–water partition coefficient (Wildman–Crippen LogP) is 1.20. The van der Waals surface area contributed by atoms with Gasteiger partial charge in [-0.2, -0.15) is 0 Å². The Balaban J connectivity index is 1.97. The highest BCUT2D eigenvalue weighted by molar-refractivity contribution is 5.73. The monoisotopic (exact) mass is 213 g/mol. The molecule has 1 aromatic carbocycles. The van der Waals surface area contributed by atoms with E-state index in [9.17, 15) is 0 Å². The van der Waals surface area contributed by atoms with Crippen LogP contribution in [0.25, 0.3) is 0 Å². The summed E-state index contributed by atoms with van der Waals surface area (Å²) in [5.41, 5.74) is 7.23. The van der Waals surface area contributed by atoms with E-state index in [1.165, 1.54) is 5.56 Å². The van der Waals surface area contributed by atoms with Crippen molar-refractivity contribution in [3.05, 3.63) is 59.8 Å². The molecule has 2 aliphatic heterocycles. The van der Waals surface area contributed by atoms with E-state index in [4.69, 9.17) is 5.73 Å². The molecule has 3 rings (SSSR count). The van der Waals surface area contributed by atoms with E-state index < -0.39 is 0 Å². The molecule has 4 nitrogen and oxygen atoms in total. The highest BCUT2D eigenvalue weighted by atomic mass is 15.7. The number of nitrogens with two attached hydrogens (primary N) is 1. The maximum atomic E-state index is 6.02. The Labute approximate surface area is 94.0 Å². The number of benzene rings is 1. The van der Waals surface area contributed by atoms with E-state index in [1.54, 1.807) is 6.21 Å². The molecule has 1 atom stereocenters. The van der Waals surface area contributed by atoms with Crippen molar-refractivity contribution in [2.24, 2.45) is 10.8 Å². The minimum Gasteiger partial charge on any atom is -0.351 e. The van der Waals surface area contributed by atoms with Gasteiger partial charge in [0.25, 0.3) is 0 Å². The van der Waals surface area contributed by atoms with Crippen molar-refractivity contribution in [2.45, 2.75) is 6.54 Å². The second-order valence-corrected chi connectivity index (χ2v) is 3.94. The third-order valence-corrected chi connectivity index (χ3v) is 2.94. The summed E-state index contributed by atoms with van der Waals surface area (Å²) < 4.78 is 0.351. The minimum atomic E-state index is 0.351. The molecule has 2 aliphatic rings. The summed E-state index contributed by atoms with van der Waals surface area (Å²) in [5, 5.41) is 7.62. The number of allylic oxidation sites excluding steroid dienone is 1. The molecule has 16 heavy (non-hydrogen) atoms. The number of nitrogens with one attached hydrogen (secondary N) is 1. The number of hydrogen-bond donors (Lipinski definition) is 2. The maximum absolute atomic E-state index is 6.02. The lowest BCUT2D eigenvalue weighted by Crippen LogP contribution is -2.40. The molecule has 2 heterocycles. The second-order valence-electron chi connectivity index (χ2n) is 3.94. The zero-order valence-electron chi connectivity index (χ0n) is 8.80. The Morgan fingerprint density at radius 3 is 2.88 bits per heavy atom. The van der Waals surface area contributed by atoms with Gasteiger partial charge in [-0.25, -0.2) is 0 Å². The van der Waals surface area contributed by atoms with Crippen molar-refractivity contribution in [1.29, 1.82) is 0 Å². The van der Waals surface area contributed by atoms with Crippen LogP contribution in [0.4, 0.5) is 0 Å². The lowest BCUT2D eigenvalue weighted by Gasteiger charge is -2.24. The Bertz CT molecular complexity index is 501. The predicted molar refractivity (Wildman–Crippen MR) is 62.4 cm³/mol. The van der Waals surface area contributed by atoms with E-state index in [2.05, 4.69) is 22.6 Å². The fraction of sp³-hybridized carbons (Fsp3) is 0.0833. The molecule has 1 aromatic rings. The first-order valence-electron chi connectivity index (χ1n) is 5.22. The largest absolute Gasteiger partial charge is 0.351 e. The van der Waals surface area contributed by atoms with Crippen molar-refractivity contribution < 1.29 is 4.59 Å². The van der Waals surface area contributed by atoms with E-state index in [-0.39, 0.29) is 0 Å². The zero-order chi connectivity index (χ0) is 11.0. The molecule has 0 aromatic heterocycles. The minimum absolute atomic E-state index is 0.351. The van der Waals surface area contributed by atoms with E-state index in [0.717, 1.165) is 18.2 Å². The van der Waals surface area contributed by atoms with Gasteiger partial charge in [0.2, 0.25) is 11.6 Å². The van der Waals surface area contributed by atoms with E-state index in [1.807, 2.05) is 30.5 Å². The van der Waals surface area contributed by atoms with Gasteiger partial charge in [0.05, 0.1) is 12.4 Å². The van der Waals surface area contributed by atoms with Crippen molar-refractivity contribution in [3.8, 4) is 0 Å². The van der Waals surface area contributed by atoms with Crippen LogP contribution in [0.1, 0.15) is 5.56 Å². The van der Waals surface area contributed by atoms with Crippen LogP contribution in [0.2, 0.25) is 0 Å². The average molecular weight is 213 g/mol. The molecule has 0 bridgehead atoms. The molecule has 0 fully saturated rings. The van der Waals surface area contributed by atoms with Gasteiger partial charge in [-0.1, -0.05) is 35.4 Å². The van der Waals surface area contributed by atoms with E-state index >= 15 is 0 Å². The van der Waals surface area contributed by atoms with Crippen molar-refractivity contribution in [3.63, 3.8) is 0 Å². The molecule has 0 radical (unpaired) electrons. The molecule has 0 aliphatic carbocycles. The van der Waals surface area contributed by atoms with Gasteiger partial charge in [0, 0.05) is 11.6 Å². The maximum Gasteiger partial charge on any atom is 0.248 e. The van der Waals surface area contributed by atoms with Crippen molar-refractivity contribution >= 4 is 6.21 Å². The van der Waals surface area contributed by atoms with Crippen LogP contribution in [-0.2, 0) is 6.54 Å². The third kappa shape index (κ3) is 1.17. The van der Waals surface area contributed by atoms with Crippen LogP contribution in [0.3, 0.4) is 0 Å². The lowest BCUT2D eigenvalue weighted by molar-refractivity contribution is -0.870. The standard InChI is InChI=1S/C12H13N4/c13-11-8-14-12-6-7-15-16(11,12)9-10-4-2-1-3-5-10/h1-8,14H,9,13H2/q+1. The Hall–Kier alpha value is -2.07. The lowest BCUT2D eigenvalue weighted by atomic mass is 10.2. The smallest absolute Gasteiger partial charge is 0.248 e. The molecular formula is C12H13N4+. The molecule has 3 N–H and O–H groups in total. The number of fused-ring (bicyclic) bond motifs is 1. The Morgan fingerprint density at radius 1 is 1.25 bits per heavy atom. The molecule has 0 saturated carbocycles. The quantitative estimate of drug-likeness (QED) is 0.725. The summed E-state index contributed by atoms with van der Waals surface area (Å²) >= 11 is 0. The fourth-order valence-corrected chi connectivity index (χ4v) is 2.08. The Kier molecular flexibility index (Phi) is 1.84. The molecule has 4 heteroatoms. The molecular weight excluding hydrogens is 200 g/mol. The van der Waals surface area contributed by atoms with Crippen LogP contribution in [0, 0.1) is 0 Å². The van der Waals surface area contributed by atoms with Gasteiger partial charge in [-0.15, -0.1) is 4.59 Å². The average Bonchev–Trinajstić information content (AvgIpc) is 2.82. The molecule has 80 valence electrons. The summed E-state index contributed by atoms with van der Waals surface area (Å²) in [7, 11) is 0. The van der Waals surface area contributed by atoms with E-state index in [0.29, 0.717) is 4.59 Å². The van der Waals surface area contributed by atoms with Gasteiger partial charge >= 0.3 is 0 Å². The second kappa shape index (κ2) is 3.21. The van der Waals surface area contributed by atoms with Crippen LogP contribution in [0.5, 0.6) is 0 Å². The highest BCUT2D eigenvalue weighted by Gasteiger charge is 2.43. The van der Waals surface area contributed by atoms with Gasteiger partial charge in [0.15, 0.2) is 0 Å². The highest BCUT2D eigenvalue weighted by Crippen LogP contribution is 2.32. The van der Waals surface area contributed by atoms with Crippen molar-refractivity contribution in [2.75, 3.05) is 0 Å². The van der Waals surface area contributed by atoms with Gasteiger partial charge in [-0.05, 0) is 0 Å². The zero-order valence-corrected chi connectivity index (χ0v) is 8.80. The molecule has 0 saturated heterocycles. The summed E-state index contributed by atoms with van der Waals surface area (Å²) in [6.45, 7) is 0.749. The molecule has 1 unspecified atom stereocenters. The van der Waals surface area contributed by atoms with Crippen molar-refractivity contribution in [1.82, 2.24) is 5.32 Å². The summed E-state index contributed by atoms with van der Waals surface area (Å²) in [6, 6.07) is 10.2. The fourth-order valence-electron chi connectivity index (χ4n) is 2.08. The van der Waals surface area contributed by atoms with Crippen LogP contribution >= 0.6 is 0 Å². The van der Waals surface area contributed by atoms with Crippen LogP contribution in [-0.4, -0.2) is 10.8 Å². The van der Waals surface area contributed by atoms with Gasteiger partial charge in [0.1, 0.15) is 6.54 Å². The van der Waals surface area contributed by atoms with Crippen LogP contribution in [0.15, 0.2) is 59.4 Å². The molecule has 0 amide bonds. The number of nitrogens with zero attached hydrogens (tertiary/aromatic N) is 2. The number of quaternary nitrogens is 1. The van der Waals surface area contributed by atoms with Crippen LogP contribution < -0.4 is 11.1 Å². The summed E-state index contributed by atoms with van der Waals surface area (Å²) in [5.74, 6) is 1.74. The first-order chi connectivity index (χ1) is 7.81. The van der Waals surface area contributed by atoms with Gasteiger partial charge < -0.3 is 11.1 Å².